The zero-order chi connectivity index (χ0) is 17.9. The van der Waals surface area contributed by atoms with Crippen molar-refractivity contribution in [3.63, 3.8) is 0 Å². The lowest BCUT2D eigenvalue weighted by atomic mass is 10.2. The first-order valence-corrected chi connectivity index (χ1v) is 7.62. The van der Waals surface area contributed by atoms with Crippen LogP contribution in [0, 0.1) is 0 Å². The third-order valence-electron chi connectivity index (χ3n) is 3.09. The number of carbonyl (C=O) groups excluding carboxylic acids is 4. The van der Waals surface area contributed by atoms with Crippen LogP contribution in [0.2, 0.25) is 0 Å². The van der Waals surface area contributed by atoms with Gasteiger partial charge in [0.15, 0.2) is 0 Å². The van der Waals surface area contributed by atoms with Gasteiger partial charge < -0.3 is 15.2 Å². The number of hydrogen-bond acceptors (Lipinski definition) is 5. The van der Waals surface area contributed by atoms with E-state index in [4.69, 9.17) is 0 Å². The molecule has 8 nitrogen and oxygen atoms in total. The van der Waals surface area contributed by atoms with Crippen molar-refractivity contribution < 1.29 is 24.3 Å². The Kier molecular flexibility index (Phi) is 7.97. The number of hydrogen-bond donors (Lipinski definition) is 3. The van der Waals surface area contributed by atoms with Crippen LogP contribution in [0.5, 0.6) is 0 Å². The number of anilines is 1. The minimum atomic E-state index is -1.44. The van der Waals surface area contributed by atoms with Crippen LogP contribution in [0.4, 0.5) is 5.69 Å². The molecular formula is C16H20N3O5-. The number of carbonyl (C=O) groups is 4. The van der Waals surface area contributed by atoms with E-state index in [0.717, 1.165) is 19.3 Å². The molecule has 130 valence electrons. The summed E-state index contributed by atoms with van der Waals surface area (Å²) in [5.41, 5.74) is 4.21. The summed E-state index contributed by atoms with van der Waals surface area (Å²) in [6.45, 7) is 2.01. The second kappa shape index (κ2) is 9.98. The van der Waals surface area contributed by atoms with Crippen LogP contribution in [-0.4, -0.2) is 23.7 Å². The number of rotatable bonds is 8. The van der Waals surface area contributed by atoms with Gasteiger partial charge in [0.2, 0.25) is 17.7 Å². The standard InChI is InChI=1S/C16H21N3O5/c1-2-3-4-9-13(20)18-19-15(22)10-14(21)17-12-8-6-5-7-11(12)16(23)24/h5-8H,2-4,9-10H2,1H3,(H,17,21)(H,18,20)(H,19,22)(H,23,24)/p-1. The van der Waals surface area contributed by atoms with Crippen LogP contribution in [0.3, 0.4) is 0 Å². The Labute approximate surface area is 139 Å². The van der Waals surface area contributed by atoms with E-state index in [-0.39, 0.29) is 17.2 Å². The molecule has 0 atom stereocenters. The van der Waals surface area contributed by atoms with Gasteiger partial charge in [-0.05, 0) is 12.5 Å². The lowest BCUT2D eigenvalue weighted by molar-refractivity contribution is -0.254. The predicted octanol–water partition coefficient (Wildman–Crippen LogP) is 0.106. The molecule has 0 aromatic heterocycles. The lowest BCUT2D eigenvalue weighted by Gasteiger charge is -2.11. The molecule has 24 heavy (non-hydrogen) atoms. The fraction of sp³-hybridized carbons (Fsp3) is 0.375. The maximum absolute atomic E-state index is 11.8. The Morgan fingerprint density at radius 1 is 0.958 bits per heavy atom. The summed E-state index contributed by atoms with van der Waals surface area (Å²) in [5, 5.41) is 13.2. The Hall–Kier alpha value is -2.90. The summed E-state index contributed by atoms with van der Waals surface area (Å²) < 4.78 is 0. The normalized spacial score (nSPS) is 9.88. The summed E-state index contributed by atoms with van der Waals surface area (Å²) >= 11 is 0. The Morgan fingerprint density at radius 3 is 2.29 bits per heavy atom. The molecule has 3 N–H and O–H groups in total. The largest absolute Gasteiger partial charge is 0.545 e. The van der Waals surface area contributed by atoms with Gasteiger partial charge in [0, 0.05) is 17.7 Å². The van der Waals surface area contributed by atoms with Crippen molar-refractivity contribution in [2.75, 3.05) is 5.32 Å². The van der Waals surface area contributed by atoms with Crippen LogP contribution in [0.15, 0.2) is 24.3 Å². The van der Waals surface area contributed by atoms with Gasteiger partial charge in [0.1, 0.15) is 6.42 Å². The van der Waals surface area contributed by atoms with Gasteiger partial charge in [-0.25, -0.2) is 0 Å². The minimum Gasteiger partial charge on any atom is -0.545 e. The number of amides is 3. The first kappa shape index (κ1) is 19.1. The second-order valence-corrected chi connectivity index (χ2v) is 5.11. The smallest absolute Gasteiger partial charge is 0.247 e. The van der Waals surface area contributed by atoms with E-state index in [1.54, 1.807) is 6.07 Å². The third-order valence-corrected chi connectivity index (χ3v) is 3.09. The van der Waals surface area contributed by atoms with Crippen molar-refractivity contribution in [1.29, 1.82) is 0 Å². The van der Waals surface area contributed by atoms with Gasteiger partial charge in [0.05, 0.1) is 5.97 Å². The minimum absolute atomic E-state index is 0.0406. The molecule has 0 aliphatic carbocycles. The topological polar surface area (TPSA) is 127 Å². The molecule has 8 heteroatoms. The van der Waals surface area contributed by atoms with Crippen LogP contribution in [-0.2, 0) is 14.4 Å². The molecule has 0 bridgehead atoms. The van der Waals surface area contributed by atoms with Crippen LogP contribution in [0.1, 0.15) is 49.4 Å². The first-order chi connectivity index (χ1) is 11.4. The van der Waals surface area contributed by atoms with Gasteiger partial charge in [-0.2, -0.15) is 0 Å². The van der Waals surface area contributed by atoms with E-state index in [9.17, 15) is 24.3 Å². The summed E-state index contributed by atoms with van der Waals surface area (Å²) in [6.07, 6.45) is 2.35. The quantitative estimate of drug-likeness (QED) is 0.353. The molecule has 0 unspecified atom stereocenters. The predicted molar refractivity (Wildman–Crippen MR) is 84.4 cm³/mol. The summed E-state index contributed by atoms with van der Waals surface area (Å²) in [6, 6.07) is 5.69. The fourth-order valence-corrected chi connectivity index (χ4v) is 1.89. The molecule has 0 radical (unpaired) electrons. The van der Waals surface area contributed by atoms with Crippen molar-refractivity contribution in [2.45, 2.75) is 39.0 Å². The van der Waals surface area contributed by atoms with Crippen LogP contribution >= 0.6 is 0 Å². The summed E-state index contributed by atoms with van der Waals surface area (Å²) in [7, 11) is 0. The third kappa shape index (κ3) is 6.91. The number of carboxylic acids is 1. The Morgan fingerprint density at radius 2 is 1.62 bits per heavy atom. The Bertz CT molecular complexity index is 615. The van der Waals surface area contributed by atoms with Crippen molar-refractivity contribution in [2.24, 2.45) is 0 Å². The maximum Gasteiger partial charge on any atom is 0.247 e. The number of para-hydroxylation sites is 1. The van der Waals surface area contributed by atoms with E-state index in [1.165, 1.54) is 18.2 Å². The number of carboxylic acid groups (broad SMARTS) is 1. The van der Waals surface area contributed by atoms with E-state index < -0.39 is 24.2 Å². The zero-order valence-corrected chi connectivity index (χ0v) is 13.4. The molecule has 1 aromatic carbocycles. The van der Waals surface area contributed by atoms with Crippen LogP contribution < -0.4 is 21.3 Å². The average molecular weight is 334 g/mol. The molecule has 0 saturated heterocycles. The van der Waals surface area contributed by atoms with Crippen molar-refractivity contribution in [3.05, 3.63) is 29.8 Å². The number of hydrazine groups is 1. The summed E-state index contributed by atoms with van der Waals surface area (Å²) in [5.74, 6) is -3.18. The molecule has 0 aliphatic heterocycles. The first-order valence-electron chi connectivity index (χ1n) is 7.62. The monoisotopic (exact) mass is 334 g/mol. The van der Waals surface area contributed by atoms with E-state index in [2.05, 4.69) is 16.2 Å². The molecule has 0 saturated carbocycles. The van der Waals surface area contributed by atoms with Gasteiger partial charge in [-0.3, -0.25) is 25.2 Å². The number of nitrogens with one attached hydrogen (secondary N) is 3. The maximum atomic E-state index is 11.8. The highest BCUT2D eigenvalue weighted by molar-refractivity contribution is 6.06. The fourth-order valence-electron chi connectivity index (χ4n) is 1.89. The number of aromatic carboxylic acids is 1. The van der Waals surface area contributed by atoms with Crippen molar-refractivity contribution >= 4 is 29.4 Å². The zero-order valence-electron chi connectivity index (χ0n) is 13.4. The van der Waals surface area contributed by atoms with Crippen LogP contribution in [0.25, 0.3) is 0 Å². The van der Waals surface area contributed by atoms with Gasteiger partial charge in [0.25, 0.3) is 0 Å². The molecule has 0 aliphatic rings. The molecule has 0 fully saturated rings. The highest BCUT2D eigenvalue weighted by Gasteiger charge is 2.12. The molecular weight excluding hydrogens is 314 g/mol. The SMILES string of the molecule is CCCCCC(=O)NNC(=O)CC(=O)Nc1ccccc1C(=O)[O-]. The Balaban J connectivity index is 2.41. The van der Waals surface area contributed by atoms with Gasteiger partial charge >= 0.3 is 0 Å². The van der Waals surface area contributed by atoms with Gasteiger partial charge in [-0.15, -0.1) is 0 Å². The number of benzene rings is 1. The molecule has 0 heterocycles. The lowest BCUT2D eigenvalue weighted by Crippen LogP contribution is -2.42. The molecule has 3 amide bonds. The summed E-state index contributed by atoms with van der Waals surface area (Å²) in [4.78, 5) is 45.7. The van der Waals surface area contributed by atoms with E-state index >= 15 is 0 Å². The van der Waals surface area contributed by atoms with Crippen molar-refractivity contribution in [3.8, 4) is 0 Å². The number of unbranched alkanes of at least 4 members (excludes halogenated alkanes) is 2. The highest BCUT2D eigenvalue weighted by atomic mass is 16.4. The highest BCUT2D eigenvalue weighted by Crippen LogP contribution is 2.14. The molecule has 1 aromatic rings. The average Bonchev–Trinajstić information content (AvgIpc) is 2.53. The van der Waals surface area contributed by atoms with Crippen molar-refractivity contribution in [1.82, 2.24) is 10.9 Å². The van der Waals surface area contributed by atoms with E-state index in [1.807, 2.05) is 6.92 Å². The molecule has 1 rings (SSSR count). The van der Waals surface area contributed by atoms with E-state index in [0.29, 0.717) is 6.42 Å². The van der Waals surface area contributed by atoms with Gasteiger partial charge in [-0.1, -0.05) is 38.0 Å². The second-order valence-electron chi connectivity index (χ2n) is 5.11. The molecule has 0 spiro atoms.